The second-order valence-electron chi connectivity index (χ2n) is 5.66. The van der Waals surface area contributed by atoms with Gasteiger partial charge in [-0.3, -0.25) is 10.0 Å². The largest absolute Gasteiger partial charge is 0.493 e. The molecule has 0 aliphatic rings. The monoisotopic (exact) mass is 349 g/mol. The lowest BCUT2D eigenvalue weighted by molar-refractivity contribution is 0.0706. The maximum Gasteiger partial charge on any atom is 0.274 e. The second kappa shape index (κ2) is 8.18. The van der Waals surface area contributed by atoms with E-state index in [-0.39, 0.29) is 5.56 Å². The van der Waals surface area contributed by atoms with E-state index in [9.17, 15) is 4.79 Å². The minimum Gasteiger partial charge on any atom is -0.493 e. The molecule has 5 heteroatoms. The number of carbonyl (C=O) groups excluding carboxylic acids is 1. The fraction of sp³-hybridized carbons (Fsp3) is 0.0952. The van der Waals surface area contributed by atoms with Crippen molar-refractivity contribution in [1.29, 1.82) is 0 Å². The third-order valence-corrected chi connectivity index (χ3v) is 3.98. The lowest BCUT2D eigenvalue weighted by Crippen LogP contribution is -2.18. The molecule has 0 fully saturated rings. The van der Waals surface area contributed by atoms with Crippen molar-refractivity contribution in [2.75, 3.05) is 7.11 Å². The summed E-state index contributed by atoms with van der Waals surface area (Å²) >= 11 is 0. The molecule has 0 atom stereocenters. The quantitative estimate of drug-likeness (QED) is 0.520. The SMILES string of the molecule is COc1ccc(C(=O)NO)cc1OCc1ccc(-c2ccccc2)cc1. The molecule has 0 aliphatic heterocycles. The highest BCUT2D eigenvalue weighted by molar-refractivity contribution is 5.94. The number of ether oxygens (including phenoxy) is 2. The van der Waals surface area contributed by atoms with Gasteiger partial charge in [0.2, 0.25) is 0 Å². The Hall–Kier alpha value is -3.31. The van der Waals surface area contributed by atoms with Crippen LogP contribution in [0.15, 0.2) is 72.8 Å². The van der Waals surface area contributed by atoms with Gasteiger partial charge in [-0.25, -0.2) is 5.48 Å². The van der Waals surface area contributed by atoms with Gasteiger partial charge in [-0.2, -0.15) is 0 Å². The Morgan fingerprint density at radius 1 is 0.923 bits per heavy atom. The van der Waals surface area contributed by atoms with Crippen molar-refractivity contribution in [3.63, 3.8) is 0 Å². The van der Waals surface area contributed by atoms with Crippen LogP contribution in [0, 0.1) is 0 Å². The van der Waals surface area contributed by atoms with Crippen LogP contribution in [-0.2, 0) is 6.61 Å². The molecule has 0 aliphatic carbocycles. The van der Waals surface area contributed by atoms with E-state index in [1.54, 1.807) is 17.6 Å². The van der Waals surface area contributed by atoms with Crippen molar-refractivity contribution in [3.8, 4) is 22.6 Å². The number of methoxy groups -OCH3 is 1. The van der Waals surface area contributed by atoms with E-state index >= 15 is 0 Å². The van der Waals surface area contributed by atoms with Crippen LogP contribution in [0.4, 0.5) is 0 Å². The highest BCUT2D eigenvalue weighted by Crippen LogP contribution is 2.29. The minimum absolute atomic E-state index is 0.280. The summed E-state index contributed by atoms with van der Waals surface area (Å²) in [7, 11) is 1.53. The first kappa shape index (κ1) is 17.5. The lowest BCUT2D eigenvalue weighted by atomic mass is 10.0. The molecule has 0 unspecified atom stereocenters. The molecular formula is C21H19NO4. The molecule has 3 rings (SSSR count). The summed E-state index contributed by atoms with van der Waals surface area (Å²) in [6.45, 7) is 0.329. The van der Waals surface area contributed by atoms with E-state index < -0.39 is 5.91 Å². The number of hydrogen-bond donors (Lipinski definition) is 2. The molecule has 3 aromatic carbocycles. The third kappa shape index (κ3) is 4.02. The van der Waals surface area contributed by atoms with Gasteiger partial charge in [-0.05, 0) is 34.9 Å². The van der Waals surface area contributed by atoms with Crippen molar-refractivity contribution in [3.05, 3.63) is 83.9 Å². The van der Waals surface area contributed by atoms with Gasteiger partial charge in [0.15, 0.2) is 11.5 Å². The smallest absolute Gasteiger partial charge is 0.274 e. The van der Waals surface area contributed by atoms with Gasteiger partial charge in [0.05, 0.1) is 7.11 Å². The number of hydrogen-bond acceptors (Lipinski definition) is 4. The fourth-order valence-electron chi connectivity index (χ4n) is 2.58. The predicted octanol–water partition coefficient (Wildman–Crippen LogP) is 4.06. The molecule has 0 radical (unpaired) electrons. The molecule has 0 saturated heterocycles. The number of nitrogens with one attached hydrogen (secondary N) is 1. The zero-order valence-corrected chi connectivity index (χ0v) is 14.3. The highest BCUT2D eigenvalue weighted by atomic mass is 16.5. The molecule has 0 aromatic heterocycles. The first-order valence-corrected chi connectivity index (χ1v) is 8.11. The van der Waals surface area contributed by atoms with Crippen LogP contribution in [0.2, 0.25) is 0 Å². The van der Waals surface area contributed by atoms with E-state index in [0.29, 0.717) is 18.1 Å². The molecular weight excluding hydrogens is 330 g/mol. The fourth-order valence-corrected chi connectivity index (χ4v) is 2.58. The number of rotatable bonds is 6. The van der Waals surface area contributed by atoms with E-state index in [2.05, 4.69) is 12.1 Å². The molecule has 0 heterocycles. The van der Waals surface area contributed by atoms with E-state index in [1.807, 2.05) is 42.5 Å². The van der Waals surface area contributed by atoms with Crippen molar-refractivity contribution >= 4 is 5.91 Å². The summed E-state index contributed by atoms with van der Waals surface area (Å²) in [5.74, 6) is 0.339. The zero-order chi connectivity index (χ0) is 18.4. The maximum atomic E-state index is 11.6. The average molecular weight is 349 g/mol. The topological polar surface area (TPSA) is 67.8 Å². The Morgan fingerprint density at radius 2 is 1.62 bits per heavy atom. The summed E-state index contributed by atoms with van der Waals surface area (Å²) < 4.78 is 11.1. The molecule has 1 amide bonds. The van der Waals surface area contributed by atoms with Gasteiger partial charge in [0.25, 0.3) is 5.91 Å². The van der Waals surface area contributed by atoms with Gasteiger partial charge >= 0.3 is 0 Å². The van der Waals surface area contributed by atoms with Gasteiger partial charge in [-0.1, -0.05) is 54.6 Å². The van der Waals surface area contributed by atoms with Crippen LogP contribution < -0.4 is 15.0 Å². The summed E-state index contributed by atoms with van der Waals surface area (Å²) in [6.07, 6.45) is 0. The summed E-state index contributed by atoms with van der Waals surface area (Å²) in [6, 6.07) is 22.9. The van der Waals surface area contributed by atoms with Crippen molar-refractivity contribution in [2.24, 2.45) is 0 Å². The van der Waals surface area contributed by atoms with Gasteiger partial charge in [0.1, 0.15) is 6.61 Å². The van der Waals surface area contributed by atoms with Crippen LogP contribution >= 0.6 is 0 Å². The molecule has 0 saturated carbocycles. The van der Waals surface area contributed by atoms with Gasteiger partial charge in [-0.15, -0.1) is 0 Å². The number of amides is 1. The van der Waals surface area contributed by atoms with Crippen LogP contribution in [-0.4, -0.2) is 18.2 Å². The van der Waals surface area contributed by atoms with Crippen LogP contribution in [0.1, 0.15) is 15.9 Å². The van der Waals surface area contributed by atoms with Crippen molar-refractivity contribution in [2.45, 2.75) is 6.61 Å². The Kier molecular flexibility index (Phi) is 5.51. The van der Waals surface area contributed by atoms with Gasteiger partial charge < -0.3 is 9.47 Å². The average Bonchev–Trinajstić information content (AvgIpc) is 2.72. The zero-order valence-electron chi connectivity index (χ0n) is 14.3. The molecule has 0 spiro atoms. The first-order chi connectivity index (χ1) is 12.7. The van der Waals surface area contributed by atoms with Crippen molar-refractivity contribution in [1.82, 2.24) is 5.48 Å². The third-order valence-electron chi connectivity index (χ3n) is 3.98. The maximum absolute atomic E-state index is 11.6. The second-order valence-corrected chi connectivity index (χ2v) is 5.66. The van der Waals surface area contributed by atoms with E-state index in [4.69, 9.17) is 14.7 Å². The summed E-state index contributed by atoms with van der Waals surface area (Å²) in [5.41, 5.74) is 5.17. The predicted molar refractivity (Wildman–Crippen MR) is 98.5 cm³/mol. The standard InChI is InChI=1S/C21H19NO4/c1-25-19-12-11-18(21(23)22-24)13-20(19)26-14-15-7-9-17(10-8-15)16-5-3-2-4-6-16/h2-13,24H,14H2,1H3,(H,22,23). The number of hydroxylamine groups is 1. The molecule has 5 nitrogen and oxygen atoms in total. The summed E-state index contributed by atoms with van der Waals surface area (Å²) in [5, 5.41) is 8.76. The highest BCUT2D eigenvalue weighted by Gasteiger charge is 2.11. The first-order valence-electron chi connectivity index (χ1n) is 8.11. The molecule has 2 N–H and O–H groups in total. The lowest BCUT2D eigenvalue weighted by Gasteiger charge is -2.12. The Labute approximate surface area is 151 Å². The minimum atomic E-state index is -0.607. The van der Waals surface area contributed by atoms with Crippen LogP contribution in [0.3, 0.4) is 0 Å². The van der Waals surface area contributed by atoms with Crippen molar-refractivity contribution < 1.29 is 19.5 Å². The Balaban J connectivity index is 1.73. The molecule has 26 heavy (non-hydrogen) atoms. The van der Waals surface area contributed by atoms with Crippen LogP contribution in [0.5, 0.6) is 11.5 Å². The normalized spacial score (nSPS) is 10.2. The Morgan fingerprint density at radius 3 is 2.27 bits per heavy atom. The molecule has 132 valence electrons. The molecule has 3 aromatic rings. The summed E-state index contributed by atoms with van der Waals surface area (Å²) in [4.78, 5) is 11.6. The number of benzene rings is 3. The van der Waals surface area contributed by atoms with Gasteiger partial charge in [0, 0.05) is 5.56 Å². The molecule has 0 bridgehead atoms. The Bertz CT molecular complexity index is 876. The number of carbonyl (C=O) groups is 1. The van der Waals surface area contributed by atoms with Crippen LogP contribution in [0.25, 0.3) is 11.1 Å². The van der Waals surface area contributed by atoms with E-state index in [0.717, 1.165) is 16.7 Å². The van der Waals surface area contributed by atoms with E-state index in [1.165, 1.54) is 13.2 Å².